The molecule has 6 heteroatoms. The van der Waals surface area contributed by atoms with E-state index in [0.29, 0.717) is 6.61 Å². The Labute approximate surface area is 107 Å². The molecule has 6 nitrogen and oxygen atoms in total. The first-order valence-corrected chi connectivity index (χ1v) is 5.93. The molecule has 0 N–H and O–H groups in total. The minimum absolute atomic E-state index is 0.124. The molecule has 0 saturated carbocycles. The monoisotopic (exact) mass is 259 g/mol. The highest BCUT2D eigenvalue weighted by atomic mass is 16.6. The van der Waals surface area contributed by atoms with Crippen LogP contribution < -0.4 is 0 Å². The molecule has 1 amide bonds. The minimum Gasteiger partial charge on any atom is -0.467 e. The van der Waals surface area contributed by atoms with Crippen molar-refractivity contribution in [1.29, 1.82) is 0 Å². The van der Waals surface area contributed by atoms with E-state index in [1.165, 1.54) is 12.0 Å². The lowest BCUT2D eigenvalue weighted by Crippen LogP contribution is -2.54. The maximum absolute atomic E-state index is 12.0. The molecule has 104 valence electrons. The van der Waals surface area contributed by atoms with Gasteiger partial charge in [-0.05, 0) is 27.7 Å². The summed E-state index contributed by atoms with van der Waals surface area (Å²) < 4.78 is 15.2. The fourth-order valence-corrected chi connectivity index (χ4v) is 1.61. The van der Waals surface area contributed by atoms with Gasteiger partial charge in [-0.1, -0.05) is 0 Å². The number of hydrogen-bond donors (Lipinski definition) is 0. The first-order chi connectivity index (χ1) is 8.24. The van der Waals surface area contributed by atoms with Gasteiger partial charge in [-0.15, -0.1) is 0 Å². The van der Waals surface area contributed by atoms with E-state index in [0.717, 1.165) is 0 Å². The van der Waals surface area contributed by atoms with Crippen LogP contribution in [0.1, 0.15) is 27.7 Å². The number of rotatable bonds is 1. The molecule has 0 aromatic carbocycles. The molecule has 0 aromatic rings. The number of hydrogen-bond acceptors (Lipinski definition) is 5. The molecule has 0 bridgehead atoms. The smallest absolute Gasteiger partial charge is 0.410 e. The molecule has 1 fully saturated rings. The fourth-order valence-electron chi connectivity index (χ4n) is 1.61. The Bertz CT molecular complexity index is 323. The van der Waals surface area contributed by atoms with Crippen LogP contribution in [0, 0.1) is 0 Å². The molecule has 0 unspecified atom stereocenters. The maximum Gasteiger partial charge on any atom is 0.410 e. The van der Waals surface area contributed by atoms with Crippen molar-refractivity contribution in [2.75, 3.05) is 20.3 Å². The Balaban J connectivity index is 2.67. The summed E-state index contributed by atoms with van der Waals surface area (Å²) in [6, 6.07) is -0.124. The Morgan fingerprint density at radius 2 is 1.94 bits per heavy atom. The number of morpholine rings is 1. The highest BCUT2D eigenvalue weighted by molar-refractivity contribution is 5.76. The van der Waals surface area contributed by atoms with Crippen molar-refractivity contribution in [3.05, 3.63) is 0 Å². The van der Waals surface area contributed by atoms with Crippen molar-refractivity contribution >= 4 is 12.1 Å². The Kier molecular flexibility index (Phi) is 4.56. The Morgan fingerprint density at radius 1 is 1.33 bits per heavy atom. The zero-order valence-electron chi connectivity index (χ0n) is 11.6. The summed E-state index contributed by atoms with van der Waals surface area (Å²) in [6.07, 6.45) is -1.18. The molecule has 0 spiro atoms. The quantitative estimate of drug-likeness (QED) is 0.662. The van der Waals surface area contributed by atoms with E-state index in [9.17, 15) is 9.59 Å². The lowest BCUT2D eigenvalue weighted by molar-refractivity contribution is -0.161. The van der Waals surface area contributed by atoms with Gasteiger partial charge in [-0.2, -0.15) is 0 Å². The van der Waals surface area contributed by atoms with Crippen molar-refractivity contribution in [3.8, 4) is 0 Å². The molecule has 0 radical (unpaired) electrons. The van der Waals surface area contributed by atoms with Gasteiger partial charge < -0.3 is 14.2 Å². The van der Waals surface area contributed by atoms with Crippen LogP contribution in [0.15, 0.2) is 0 Å². The molecule has 1 rings (SSSR count). The molecular formula is C12H21NO5. The summed E-state index contributed by atoms with van der Waals surface area (Å²) in [6.45, 7) is 7.69. The van der Waals surface area contributed by atoms with E-state index in [1.54, 1.807) is 20.8 Å². The largest absolute Gasteiger partial charge is 0.467 e. The highest BCUT2D eigenvalue weighted by Gasteiger charge is 2.36. The number of carbonyl (C=O) groups excluding carboxylic acids is 2. The van der Waals surface area contributed by atoms with Crippen LogP contribution in [0.2, 0.25) is 0 Å². The molecule has 1 aliphatic rings. The van der Waals surface area contributed by atoms with Crippen LogP contribution >= 0.6 is 0 Å². The van der Waals surface area contributed by atoms with Gasteiger partial charge in [0.1, 0.15) is 5.60 Å². The van der Waals surface area contributed by atoms with Gasteiger partial charge in [0.2, 0.25) is 0 Å². The first kappa shape index (κ1) is 14.8. The standard InChI is InChI=1S/C12H21NO5/c1-8-7-17-9(10(14)16-5)6-13(8)11(15)18-12(2,3)4/h8-9H,6-7H2,1-5H3/t8-,9+/m0/s1. The number of ether oxygens (including phenoxy) is 3. The number of nitrogens with zero attached hydrogens (tertiary/aromatic N) is 1. The van der Waals surface area contributed by atoms with Crippen LogP contribution in [0.4, 0.5) is 4.79 Å². The van der Waals surface area contributed by atoms with Crippen LogP contribution in [0.25, 0.3) is 0 Å². The molecule has 0 aliphatic carbocycles. The average Bonchev–Trinajstić information content (AvgIpc) is 2.26. The fraction of sp³-hybridized carbons (Fsp3) is 0.833. The number of esters is 1. The molecule has 18 heavy (non-hydrogen) atoms. The second-order valence-corrected chi connectivity index (χ2v) is 5.33. The second kappa shape index (κ2) is 5.56. The van der Waals surface area contributed by atoms with Crippen molar-refractivity contribution in [2.45, 2.75) is 45.4 Å². The van der Waals surface area contributed by atoms with Crippen LogP contribution in [-0.4, -0.2) is 55.0 Å². The highest BCUT2D eigenvalue weighted by Crippen LogP contribution is 2.17. The normalized spacial score (nSPS) is 24.6. The van der Waals surface area contributed by atoms with Crippen LogP contribution in [0.3, 0.4) is 0 Å². The van der Waals surface area contributed by atoms with Gasteiger partial charge in [0.05, 0.1) is 26.3 Å². The van der Waals surface area contributed by atoms with E-state index >= 15 is 0 Å². The minimum atomic E-state index is -0.737. The number of methoxy groups -OCH3 is 1. The summed E-state index contributed by atoms with van der Waals surface area (Å²) >= 11 is 0. The molecule has 2 atom stereocenters. The maximum atomic E-state index is 12.0. The molecular weight excluding hydrogens is 238 g/mol. The number of amides is 1. The summed E-state index contributed by atoms with van der Waals surface area (Å²) in [5.74, 6) is -0.476. The van der Waals surface area contributed by atoms with Crippen molar-refractivity contribution in [1.82, 2.24) is 4.90 Å². The predicted octanol–water partition coefficient (Wildman–Crippen LogP) is 1.18. The van der Waals surface area contributed by atoms with Crippen molar-refractivity contribution in [3.63, 3.8) is 0 Å². The van der Waals surface area contributed by atoms with Gasteiger partial charge in [0.25, 0.3) is 0 Å². The van der Waals surface area contributed by atoms with Gasteiger partial charge in [0.15, 0.2) is 6.10 Å². The van der Waals surface area contributed by atoms with E-state index in [2.05, 4.69) is 4.74 Å². The topological polar surface area (TPSA) is 65.1 Å². The van der Waals surface area contributed by atoms with Gasteiger partial charge in [0, 0.05) is 0 Å². The SMILES string of the molecule is COC(=O)[C@H]1CN(C(=O)OC(C)(C)C)[C@@H](C)CO1. The number of carbonyl (C=O) groups is 2. The zero-order valence-corrected chi connectivity index (χ0v) is 11.6. The Morgan fingerprint density at radius 3 is 2.44 bits per heavy atom. The van der Waals surface area contributed by atoms with Crippen LogP contribution in [-0.2, 0) is 19.0 Å². The van der Waals surface area contributed by atoms with Crippen molar-refractivity contribution < 1.29 is 23.8 Å². The summed E-state index contributed by atoms with van der Waals surface area (Å²) in [5, 5.41) is 0. The second-order valence-electron chi connectivity index (χ2n) is 5.33. The zero-order chi connectivity index (χ0) is 13.9. The molecule has 0 aromatic heterocycles. The predicted molar refractivity (Wildman–Crippen MR) is 64.2 cm³/mol. The lowest BCUT2D eigenvalue weighted by atomic mass is 10.2. The Hall–Kier alpha value is -1.30. The summed E-state index contributed by atoms with van der Waals surface area (Å²) in [7, 11) is 1.29. The third kappa shape index (κ3) is 3.87. The van der Waals surface area contributed by atoms with E-state index in [-0.39, 0.29) is 12.6 Å². The third-order valence-electron chi connectivity index (χ3n) is 2.53. The van der Waals surface area contributed by atoms with E-state index in [1.807, 2.05) is 6.92 Å². The average molecular weight is 259 g/mol. The van der Waals surface area contributed by atoms with Crippen molar-refractivity contribution in [2.24, 2.45) is 0 Å². The van der Waals surface area contributed by atoms with Crippen LogP contribution in [0.5, 0.6) is 0 Å². The van der Waals surface area contributed by atoms with Gasteiger partial charge in [-0.3, -0.25) is 4.90 Å². The molecule has 1 aliphatic heterocycles. The molecule has 1 heterocycles. The summed E-state index contributed by atoms with van der Waals surface area (Å²) in [4.78, 5) is 24.9. The van der Waals surface area contributed by atoms with E-state index in [4.69, 9.17) is 9.47 Å². The third-order valence-corrected chi connectivity index (χ3v) is 2.53. The lowest BCUT2D eigenvalue weighted by Gasteiger charge is -2.37. The first-order valence-electron chi connectivity index (χ1n) is 5.93. The summed E-state index contributed by atoms with van der Waals surface area (Å²) in [5.41, 5.74) is -0.560. The van der Waals surface area contributed by atoms with E-state index < -0.39 is 23.8 Å². The molecule has 1 saturated heterocycles. The van der Waals surface area contributed by atoms with Gasteiger partial charge >= 0.3 is 12.1 Å². The van der Waals surface area contributed by atoms with Gasteiger partial charge in [-0.25, -0.2) is 9.59 Å².